The zero-order chi connectivity index (χ0) is 19.0. The van der Waals surface area contributed by atoms with E-state index in [2.05, 4.69) is 35.9 Å². The van der Waals surface area contributed by atoms with Gasteiger partial charge in [-0.05, 0) is 42.3 Å². The van der Waals surface area contributed by atoms with Gasteiger partial charge in [-0.1, -0.05) is 13.8 Å². The third-order valence-electron chi connectivity index (χ3n) is 4.80. The third kappa shape index (κ3) is 3.26. The smallest absolute Gasteiger partial charge is 0.354 e. The van der Waals surface area contributed by atoms with Crippen molar-refractivity contribution in [1.29, 1.82) is 0 Å². The van der Waals surface area contributed by atoms with Crippen LogP contribution in [0.3, 0.4) is 0 Å². The Hall–Kier alpha value is -2.93. The molecule has 1 aliphatic heterocycles. The number of hydrogen-bond donors (Lipinski definition) is 1. The number of ether oxygens (including phenoxy) is 1. The van der Waals surface area contributed by atoms with Crippen LogP contribution in [-0.2, 0) is 4.74 Å². The topological polar surface area (TPSA) is 80.5 Å². The summed E-state index contributed by atoms with van der Waals surface area (Å²) in [6, 6.07) is 11.4. The van der Waals surface area contributed by atoms with Crippen molar-refractivity contribution in [2.75, 3.05) is 31.2 Å². The number of aromatic nitrogens is 3. The molecule has 27 heavy (non-hydrogen) atoms. The second-order valence-electron chi connectivity index (χ2n) is 6.94. The molecule has 7 nitrogen and oxygen atoms in total. The van der Waals surface area contributed by atoms with E-state index in [1.54, 1.807) is 10.7 Å². The maximum Gasteiger partial charge on any atom is 0.354 e. The lowest BCUT2D eigenvalue weighted by molar-refractivity contribution is 0.0691. The van der Waals surface area contributed by atoms with E-state index in [0.717, 1.165) is 48.8 Å². The summed E-state index contributed by atoms with van der Waals surface area (Å²) < 4.78 is 7.14. The van der Waals surface area contributed by atoms with E-state index in [1.807, 2.05) is 12.1 Å². The van der Waals surface area contributed by atoms with Gasteiger partial charge in [0.25, 0.3) is 0 Å². The van der Waals surface area contributed by atoms with E-state index in [4.69, 9.17) is 9.84 Å². The van der Waals surface area contributed by atoms with E-state index < -0.39 is 5.97 Å². The number of rotatable bonds is 4. The summed E-state index contributed by atoms with van der Waals surface area (Å²) in [5.41, 5.74) is 3.49. The highest BCUT2D eigenvalue weighted by atomic mass is 16.5. The number of aromatic carboxylic acids is 1. The molecule has 0 spiro atoms. The summed E-state index contributed by atoms with van der Waals surface area (Å²) in [7, 11) is 0. The van der Waals surface area contributed by atoms with Gasteiger partial charge in [0.15, 0.2) is 11.3 Å². The van der Waals surface area contributed by atoms with Gasteiger partial charge in [0.2, 0.25) is 0 Å². The van der Waals surface area contributed by atoms with Crippen molar-refractivity contribution in [3.05, 3.63) is 47.8 Å². The molecule has 1 fully saturated rings. The molecule has 1 aliphatic rings. The number of hydrogen-bond acceptors (Lipinski definition) is 5. The molecule has 7 heteroatoms. The molecule has 4 rings (SSSR count). The lowest BCUT2D eigenvalue weighted by Crippen LogP contribution is -2.36. The molecule has 0 aliphatic carbocycles. The van der Waals surface area contributed by atoms with Gasteiger partial charge in [0.05, 0.1) is 24.6 Å². The Morgan fingerprint density at radius 2 is 1.74 bits per heavy atom. The SMILES string of the molecule is CC(C)c1nn(-c2ccc(N3CCOCC3)cc2)c2nc(C(=O)O)ccc12. The predicted octanol–water partition coefficient (Wildman–Crippen LogP) is 3.08. The van der Waals surface area contributed by atoms with Gasteiger partial charge in [-0.15, -0.1) is 0 Å². The van der Waals surface area contributed by atoms with E-state index in [1.165, 1.54) is 6.07 Å². The summed E-state index contributed by atoms with van der Waals surface area (Å²) in [5.74, 6) is -0.836. The number of pyridine rings is 1. The van der Waals surface area contributed by atoms with Gasteiger partial charge >= 0.3 is 5.97 Å². The minimum Gasteiger partial charge on any atom is -0.477 e. The number of carbonyl (C=O) groups is 1. The van der Waals surface area contributed by atoms with Crippen molar-refractivity contribution < 1.29 is 14.6 Å². The highest BCUT2D eigenvalue weighted by Crippen LogP contribution is 2.27. The fourth-order valence-corrected chi connectivity index (χ4v) is 3.37. The molecule has 1 saturated heterocycles. The molecule has 0 unspecified atom stereocenters. The number of anilines is 1. The van der Waals surface area contributed by atoms with Crippen molar-refractivity contribution >= 4 is 22.7 Å². The molecule has 3 aromatic rings. The number of carboxylic acid groups (broad SMARTS) is 1. The van der Waals surface area contributed by atoms with Crippen molar-refractivity contribution in [3.63, 3.8) is 0 Å². The van der Waals surface area contributed by atoms with Crippen LogP contribution in [0.2, 0.25) is 0 Å². The lowest BCUT2D eigenvalue weighted by atomic mass is 10.1. The molecule has 1 aromatic carbocycles. The normalized spacial score (nSPS) is 14.9. The van der Waals surface area contributed by atoms with Crippen LogP contribution in [0.1, 0.15) is 35.9 Å². The molecule has 0 atom stereocenters. The Morgan fingerprint density at radius 3 is 2.37 bits per heavy atom. The summed E-state index contributed by atoms with van der Waals surface area (Å²) in [6.45, 7) is 7.38. The van der Waals surface area contributed by atoms with Crippen LogP contribution in [0.5, 0.6) is 0 Å². The van der Waals surface area contributed by atoms with Gasteiger partial charge in [-0.25, -0.2) is 14.5 Å². The second kappa shape index (κ2) is 7.00. The second-order valence-corrected chi connectivity index (χ2v) is 6.94. The largest absolute Gasteiger partial charge is 0.477 e. The maximum absolute atomic E-state index is 11.3. The zero-order valence-electron chi connectivity index (χ0n) is 15.4. The Morgan fingerprint density at radius 1 is 1.07 bits per heavy atom. The first kappa shape index (κ1) is 17.5. The average Bonchev–Trinajstić information content (AvgIpc) is 3.08. The average molecular weight is 366 g/mol. The quantitative estimate of drug-likeness (QED) is 0.764. The zero-order valence-corrected chi connectivity index (χ0v) is 15.4. The molecule has 1 N–H and O–H groups in total. The lowest BCUT2D eigenvalue weighted by Gasteiger charge is -2.28. The predicted molar refractivity (Wildman–Crippen MR) is 103 cm³/mol. The molecule has 3 heterocycles. The molecule has 0 bridgehead atoms. The van der Waals surface area contributed by atoms with E-state index in [0.29, 0.717) is 5.65 Å². The third-order valence-corrected chi connectivity index (χ3v) is 4.80. The Kier molecular flexibility index (Phi) is 4.53. The first-order valence-corrected chi connectivity index (χ1v) is 9.10. The number of benzene rings is 1. The molecule has 0 radical (unpaired) electrons. The van der Waals surface area contributed by atoms with Gasteiger partial charge in [-0.2, -0.15) is 5.10 Å². The van der Waals surface area contributed by atoms with Crippen molar-refractivity contribution in [2.24, 2.45) is 0 Å². The molecule has 2 aromatic heterocycles. The maximum atomic E-state index is 11.3. The fraction of sp³-hybridized carbons (Fsp3) is 0.350. The molecular weight excluding hydrogens is 344 g/mol. The summed E-state index contributed by atoms with van der Waals surface area (Å²) in [4.78, 5) is 18.0. The molecule has 0 amide bonds. The van der Waals surface area contributed by atoms with Crippen LogP contribution in [0.4, 0.5) is 5.69 Å². The van der Waals surface area contributed by atoms with Crippen molar-refractivity contribution in [2.45, 2.75) is 19.8 Å². The number of carboxylic acids is 1. The summed E-state index contributed by atoms with van der Waals surface area (Å²) >= 11 is 0. The van der Waals surface area contributed by atoms with Crippen LogP contribution in [-0.4, -0.2) is 52.1 Å². The molecule has 0 saturated carbocycles. The highest BCUT2D eigenvalue weighted by Gasteiger charge is 2.18. The Bertz CT molecular complexity index is 973. The monoisotopic (exact) mass is 366 g/mol. The van der Waals surface area contributed by atoms with E-state index in [9.17, 15) is 9.90 Å². The van der Waals surface area contributed by atoms with E-state index >= 15 is 0 Å². The summed E-state index contributed by atoms with van der Waals surface area (Å²) in [5, 5.41) is 14.9. The Labute approximate surface area is 157 Å². The Balaban J connectivity index is 1.77. The number of nitrogens with zero attached hydrogens (tertiary/aromatic N) is 4. The summed E-state index contributed by atoms with van der Waals surface area (Å²) in [6.07, 6.45) is 0. The van der Waals surface area contributed by atoms with Crippen molar-refractivity contribution in [3.8, 4) is 5.69 Å². The fourth-order valence-electron chi connectivity index (χ4n) is 3.37. The van der Waals surface area contributed by atoms with Gasteiger partial charge in [0.1, 0.15) is 0 Å². The first-order valence-electron chi connectivity index (χ1n) is 9.10. The van der Waals surface area contributed by atoms with Crippen LogP contribution >= 0.6 is 0 Å². The van der Waals surface area contributed by atoms with Gasteiger partial charge in [-0.3, -0.25) is 0 Å². The first-order chi connectivity index (χ1) is 13.0. The van der Waals surface area contributed by atoms with Gasteiger partial charge < -0.3 is 14.7 Å². The van der Waals surface area contributed by atoms with Crippen molar-refractivity contribution in [1.82, 2.24) is 14.8 Å². The highest BCUT2D eigenvalue weighted by molar-refractivity contribution is 5.90. The van der Waals surface area contributed by atoms with Gasteiger partial charge in [0, 0.05) is 24.2 Å². The van der Waals surface area contributed by atoms with Crippen LogP contribution < -0.4 is 4.90 Å². The van der Waals surface area contributed by atoms with Crippen LogP contribution in [0, 0.1) is 0 Å². The van der Waals surface area contributed by atoms with Crippen LogP contribution in [0.15, 0.2) is 36.4 Å². The molecular formula is C20H22N4O3. The number of morpholine rings is 1. The minimum absolute atomic E-state index is 0.0175. The van der Waals surface area contributed by atoms with E-state index in [-0.39, 0.29) is 11.6 Å². The number of fused-ring (bicyclic) bond motifs is 1. The minimum atomic E-state index is -1.04. The molecule has 140 valence electrons. The van der Waals surface area contributed by atoms with Crippen LogP contribution in [0.25, 0.3) is 16.7 Å². The standard InChI is InChI=1S/C20H22N4O3/c1-13(2)18-16-7-8-17(20(25)26)21-19(16)24(22-18)15-5-3-14(4-6-15)23-9-11-27-12-10-23/h3-8,13H,9-12H2,1-2H3,(H,25,26).